The number of alkyl halides is 2. The first-order valence-corrected chi connectivity index (χ1v) is 10.7. The maximum Gasteiger partial charge on any atom is 0.407 e. The van der Waals surface area contributed by atoms with Crippen molar-refractivity contribution in [3.63, 3.8) is 0 Å². The maximum absolute atomic E-state index is 13.8. The molecule has 2 N–H and O–H groups in total. The van der Waals surface area contributed by atoms with E-state index in [4.69, 9.17) is 9.84 Å². The van der Waals surface area contributed by atoms with Crippen molar-refractivity contribution in [3.8, 4) is 11.1 Å². The Morgan fingerprint density at radius 3 is 2.24 bits per heavy atom. The third-order valence-electron chi connectivity index (χ3n) is 6.15. The number of benzene rings is 2. The number of carbonyl (C=O) groups excluding carboxylic acids is 2. The highest BCUT2D eigenvalue weighted by Crippen LogP contribution is 2.44. The Labute approximate surface area is 189 Å². The van der Waals surface area contributed by atoms with E-state index >= 15 is 0 Å². The number of carboxylic acids is 1. The van der Waals surface area contributed by atoms with Crippen molar-refractivity contribution >= 4 is 18.0 Å². The van der Waals surface area contributed by atoms with E-state index in [2.05, 4.69) is 5.32 Å². The molecule has 2 aliphatic rings. The van der Waals surface area contributed by atoms with Crippen molar-refractivity contribution in [3.05, 3.63) is 59.7 Å². The van der Waals surface area contributed by atoms with E-state index in [0.29, 0.717) is 0 Å². The number of ether oxygens (including phenoxy) is 1. The van der Waals surface area contributed by atoms with Crippen LogP contribution in [0.15, 0.2) is 48.5 Å². The number of carboxylic acid groups (broad SMARTS) is 1. The molecule has 1 saturated heterocycles. The maximum atomic E-state index is 13.8. The molecule has 174 valence electrons. The van der Waals surface area contributed by atoms with Crippen LogP contribution in [0.4, 0.5) is 13.6 Å². The molecule has 2 unspecified atom stereocenters. The Balaban J connectivity index is 1.31. The molecule has 9 heteroatoms. The second kappa shape index (κ2) is 8.80. The van der Waals surface area contributed by atoms with E-state index in [1.54, 1.807) is 6.92 Å². The molecule has 4 rings (SSSR count). The van der Waals surface area contributed by atoms with Crippen molar-refractivity contribution < 1.29 is 33.0 Å². The van der Waals surface area contributed by atoms with Crippen LogP contribution < -0.4 is 5.32 Å². The molecule has 0 bridgehead atoms. The Morgan fingerprint density at radius 1 is 1.12 bits per heavy atom. The molecule has 0 spiro atoms. The predicted molar refractivity (Wildman–Crippen MR) is 115 cm³/mol. The van der Waals surface area contributed by atoms with Gasteiger partial charge in [-0.1, -0.05) is 48.5 Å². The summed E-state index contributed by atoms with van der Waals surface area (Å²) < 4.78 is 33.1. The number of alkyl carbamates (subject to hydrolysis) is 1. The number of hydrogen-bond donors (Lipinski definition) is 2. The molecule has 33 heavy (non-hydrogen) atoms. The van der Waals surface area contributed by atoms with Gasteiger partial charge in [-0.05, 0) is 29.2 Å². The number of carbonyl (C=O) groups is 3. The fourth-order valence-corrected chi connectivity index (χ4v) is 4.52. The highest BCUT2D eigenvalue weighted by Gasteiger charge is 2.53. The number of aliphatic carboxylic acids is 1. The van der Waals surface area contributed by atoms with E-state index in [1.165, 1.54) is 0 Å². The van der Waals surface area contributed by atoms with Gasteiger partial charge in [0.25, 0.3) is 5.92 Å². The van der Waals surface area contributed by atoms with Crippen molar-refractivity contribution in [2.45, 2.75) is 31.2 Å². The number of fused-ring (bicyclic) bond motifs is 3. The SMILES string of the molecule is CC(CC(=O)N1CC(C(=O)O)C(F)(F)C1)NC(=O)OCC1c2ccccc2-c2ccccc21. The van der Waals surface area contributed by atoms with Gasteiger partial charge in [0.15, 0.2) is 0 Å². The molecule has 1 aliphatic heterocycles. The summed E-state index contributed by atoms with van der Waals surface area (Å²) in [6, 6.07) is 15.2. The zero-order chi connectivity index (χ0) is 23.8. The monoisotopic (exact) mass is 458 g/mol. The van der Waals surface area contributed by atoms with Crippen LogP contribution in [0.25, 0.3) is 11.1 Å². The average Bonchev–Trinajstić information content (AvgIpc) is 3.26. The first kappa shape index (κ1) is 22.7. The lowest BCUT2D eigenvalue weighted by atomic mass is 9.98. The molecule has 2 aromatic carbocycles. The van der Waals surface area contributed by atoms with E-state index in [0.717, 1.165) is 27.2 Å². The Bertz CT molecular complexity index is 1040. The van der Waals surface area contributed by atoms with Gasteiger partial charge < -0.3 is 20.1 Å². The number of amides is 2. The fourth-order valence-electron chi connectivity index (χ4n) is 4.52. The summed E-state index contributed by atoms with van der Waals surface area (Å²) in [7, 11) is 0. The van der Waals surface area contributed by atoms with Crippen LogP contribution in [0, 0.1) is 5.92 Å². The van der Waals surface area contributed by atoms with Gasteiger partial charge >= 0.3 is 12.1 Å². The highest BCUT2D eigenvalue weighted by molar-refractivity contribution is 5.81. The van der Waals surface area contributed by atoms with Gasteiger partial charge in [0.2, 0.25) is 5.91 Å². The normalized spacial score (nSPS) is 19.5. The van der Waals surface area contributed by atoms with Gasteiger partial charge in [-0.25, -0.2) is 13.6 Å². The minimum Gasteiger partial charge on any atom is -0.481 e. The minimum absolute atomic E-state index is 0.110. The van der Waals surface area contributed by atoms with E-state index in [9.17, 15) is 23.2 Å². The molecule has 2 atom stereocenters. The topological polar surface area (TPSA) is 95.9 Å². The molecule has 0 radical (unpaired) electrons. The average molecular weight is 458 g/mol. The lowest BCUT2D eigenvalue weighted by Gasteiger charge is -2.20. The van der Waals surface area contributed by atoms with E-state index < -0.39 is 48.9 Å². The summed E-state index contributed by atoms with van der Waals surface area (Å²) >= 11 is 0. The summed E-state index contributed by atoms with van der Waals surface area (Å²) in [6.45, 7) is 0.167. The molecular formula is C24H24F2N2O5. The molecular weight excluding hydrogens is 434 g/mol. The smallest absolute Gasteiger partial charge is 0.407 e. The zero-order valence-electron chi connectivity index (χ0n) is 18.0. The first-order chi connectivity index (χ1) is 15.7. The quantitative estimate of drug-likeness (QED) is 0.691. The van der Waals surface area contributed by atoms with Crippen LogP contribution in [0.3, 0.4) is 0 Å². The van der Waals surface area contributed by atoms with Crippen LogP contribution in [-0.2, 0) is 14.3 Å². The molecule has 0 saturated carbocycles. The van der Waals surface area contributed by atoms with E-state index in [-0.39, 0.29) is 18.9 Å². The number of nitrogens with one attached hydrogen (secondary N) is 1. The fraction of sp³-hybridized carbons (Fsp3) is 0.375. The second-order valence-electron chi connectivity index (χ2n) is 8.50. The third kappa shape index (κ3) is 4.53. The van der Waals surface area contributed by atoms with E-state index in [1.807, 2.05) is 48.5 Å². The van der Waals surface area contributed by atoms with Crippen LogP contribution in [0.2, 0.25) is 0 Å². The first-order valence-electron chi connectivity index (χ1n) is 10.7. The number of nitrogens with zero attached hydrogens (tertiary/aromatic N) is 1. The highest BCUT2D eigenvalue weighted by atomic mass is 19.3. The second-order valence-corrected chi connectivity index (χ2v) is 8.50. The minimum atomic E-state index is -3.48. The standard InChI is InChI=1S/C24H24F2N2O5/c1-14(10-21(29)28-11-20(22(30)31)24(25,26)13-28)27-23(32)33-12-19-17-8-4-2-6-15(17)16-7-3-5-9-18(16)19/h2-9,14,19-20H,10-13H2,1H3,(H,27,32)(H,30,31). The zero-order valence-corrected chi connectivity index (χ0v) is 18.0. The van der Waals surface area contributed by atoms with Gasteiger partial charge in [-0.2, -0.15) is 0 Å². The Kier molecular flexibility index (Phi) is 6.05. The van der Waals surface area contributed by atoms with Crippen molar-refractivity contribution in [2.75, 3.05) is 19.7 Å². The number of rotatable bonds is 6. The molecule has 2 amide bonds. The van der Waals surface area contributed by atoms with Gasteiger partial charge in [0.1, 0.15) is 12.5 Å². The summed E-state index contributed by atoms with van der Waals surface area (Å²) in [6.07, 6.45) is -0.959. The molecule has 0 aromatic heterocycles. The van der Waals surface area contributed by atoms with Crippen LogP contribution in [-0.4, -0.2) is 59.6 Å². The lowest BCUT2D eigenvalue weighted by Crippen LogP contribution is -2.39. The summed E-state index contributed by atoms with van der Waals surface area (Å²) in [5.74, 6) is -7.80. The van der Waals surface area contributed by atoms with Crippen LogP contribution in [0.5, 0.6) is 0 Å². The van der Waals surface area contributed by atoms with Gasteiger partial charge in [-0.15, -0.1) is 0 Å². The summed E-state index contributed by atoms with van der Waals surface area (Å²) in [5, 5.41) is 11.5. The third-order valence-corrected chi connectivity index (χ3v) is 6.15. The van der Waals surface area contributed by atoms with Crippen molar-refractivity contribution in [2.24, 2.45) is 5.92 Å². The summed E-state index contributed by atoms with van der Waals surface area (Å²) in [4.78, 5) is 36.5. The molecule has 7 nitrogen and oxygen atoms in total. The molecule has 1 heterocycles. The van der Waals surface area contributed by atoms with Crippen molar-refractivity contribution in [1.29, 1.82) is 0 Å². The Morgan fingerprint density at radius 2 is 1.70 bits per heavy atom. The largest absolute Gasteiger partial charge is 0.481 e. The Hall–Kier alpha value is -3.49. The number of halogens is 2. The molecule has 1 aliphatic carbocycles. The molecule has 1 fully saturated rings. The van der Waals surface area contributed by atoms with Gasteiger partial charge in [0.05, 0.1) is 6.54 Å². The van der Waals surface area contributed by atoms with Gasteiger partial charge in [-0.3, -0.25) is 9.59 Å². The van der Waals surface area contributed by atoms with Gasteiger partial charge in [0, 0.05) is 24.9 Å². The van der Waals surface area contributed by atoms with Crippen molar-refractivity contribution in [1.82, 2.24) is 10.2 Å². The molecule has 2 aromatic rings. The predicted octanol–water partition coefficient (Wildman–Crippen LogP) is 3.48. The van der Waals surface area contributed by atoms with Crippen LogP contribution in [0.1, 0.15) is 30.4 Å². The lowest BCUT2D eigenvalue weighted by molar-refractivity contribution is -0.151. The summed E-state index contributed by atoms with van der Waals surface area (Å²) in [5.41, 5.74) is 4.33. The van der Waals surface area contributed by atoms with Crippen LogP contribution >= 0.6 is 0 Å². The number of hydrogen-bond acceptors (Lipinski definition) is 4. The number of likely N-dealkylation sites (tertiary alicyclic amines) is 1.